The quantitative estimate of drug-likeness (QED) is 0.774. The molecule has 2 rings (SSSR count). The molecule has 0 aromatic carbocycles. The maximum Gasteiger partial charge on any atom is 0.332 e. The van der Waals surface area contributed by atoms with Crippen molar-refractivity contribution >= 4 is 23.6 Å². The largest absolute Gasteiger partial charge is 0.479 e. The van der Waals surface area contributed by atoms with Crippen molar-refractivity contribution < 1.29 is 24.2 Å². The molecule has 3 atom stereocenters. The Bertz CT molecular complexity index is 359. The summed E-state index contributed by atoms with van der Waals surface area (Å²) >= 11 is 1.84. The summed E-state index contributed by atoms with van der Waals surface area (Å²) in [5.41, 5.74) is 0. The molecule has 0 radical (unpaired) electrons. The highest BCUT2D eigenvalue weighted by atomic mass is 32.2. The normalized spacial score (nSPS) is 29.6. The van der Waals surface area contributed by atoms with E-state index in [0.29, 0.717) is 26.0 Å². The average molecular weight is 303 g/mol. The second-order valence-electron chi connectivity index (χ2n) is 5.07. The topological polar surface area (TPSA) is 76.1 Å². The molecule has 2 aliphatic rings. The molecular formula is C13H21NO5S. The number of carboxylic acids is 1. The summed E-state index contributed by atoms with van der Waals surface area (Å²) in [6, 6.07) is 0.218. The SMILES string of the molecule is COCCN(C(=O)[C@@H]1CC[C@H](C(=O)O)O1)C1CCSC1. The molecule has 1 N–H and O–H groups in total. The summed E-state index contributed by atoms with van der Waals surface area (Å²) in [5.74, 6) is 0.924. The maximum absolute atomic E-state index is 12.5. The Kier molecular flexibility index (Phi) is 5.68. The van der Waals surface area contributed by atoms with Gasteiger partial charge in [0, 0.05) is 25.4 Å². The molecule has 114 valence electrons. The number of ether oxygens (including phenoxy) is 2. The van der Waals surface area contributed by atoms with Gasteiger partial charge in [0.2, 0.25) is 0 Å². The Morgan fingerprint density at radius 2 is 2.10 bits per heavy atom. The molecule has 0 aromatic rings. The molecule has 0 saturated carbocycles. The number of thioether (sulfide) groups is 1. The van der Waals surface area contributed by atoms with Crippen LogP contribution in [-0.4, -0.2) is 71.9 Å². The van der Waals surface area contributed by atoms with Gasteiger partial charge >= 0.3 is 5.97 Å². The Balaban J connectivity index is 1.97. The minimum atomic E-state index is -0.986. The van der Waals surface area contributed by atoms with Crippen LogP contribution < -0.4 is 0 Å². The van der Waals surface area contributed by atoms with E-state index < -0.39 is 18.2 Å². The summed E-state index contributed by atoms with van der Waals surface area (Å²) in [5, 5.41) is 8.93. The molecule has 2 heterocycles. The first kappa shape index (κ1) is 15.6. The fourth-order valence-electron chi connectivity index (χ4n) is 2.62. The van der Waals surface area contributed by atoms with E-state index in [1.807, 2.05) is 16.7 Å². The standard InChI is InChI=1S/C13H21NO5S/c1-18-6-5-14(9-4-7-20-8-9)12(15)10-2-3-11(19-10)13(16)17/h9-11H,2-8H2,1H3,(H,16,17)/t9?,10-,11+/m0/s1. The van der Waals surface area contributed by atoms with E-state index in [0.717, 1.165) is 17.9 Å². The number of nitrogens with zero attached hydrogens (tertiary/aromatic N) is 1. The van der Waals surface area contributed by atoms with Gasteiger partial charge in [-0.25, -0.2) is 4.79 Å². The van der Waals surface area contributed by atoms with Crippen molar-refractivity contribution in [2.75, 3.05) is 31.8 Å². The van der Waals surface area contributed by atoms with Gasteiger partial charge in [-0.3, -0.25) is 4.79 Å². The van der Waals surface area contributed by atoms with Crippen LogP contribution in [0, 0.1) is 0 Å². The van der Waals surface area contributed by atoms with Crippen LogP contribution in [-0.2, 0) is 19.1 Å². The van der Waals surface area contributed by atoms with Crippen LogP contribution in [0.5, 0.6) is 0 Å². The number of hydrogen-bond donors (Lipinski definition) is 1. The van der Waals surface area contributed by atoms with Crippen LogP contribution in [0.2, 0.25) is 0 Å². The van der Waals surface area contributed by atoms with Crippen LogP contribution in [0.25, 0.3) is 0 Å². The monoisotopic (exact) mass is 303 g/mol. The highest BCUT2D eigenvalue weighted by Crippen LogP contribution is 2.26. The fourth-order valence-corrected chi connectivity index (χ4v) is 3.84. The van der Waals surface area contributed by atoms with E-state index in [-0.39, 0.29) is 11.9 Å². The number of rotatable bonds is 6. The lowest BCUT2D eigenvalue weighted by atomic mass is 10.1. The van der Waals surface area contributed by atoms with Crippen molar-refractivity contribution in [2.24, 2.45) is 0 Å². The lowest BCUT2D eigenvalue weighted by Gasteiger charge is -2.30. The first-order valence-corrected chi connectivity index (χ1v) is 8.04. The van der Waals surface area contributed by atoms with Crippen molar-refractivity contribution in [3.63, 3.8) is 0 Å². The number of carboxylic acid groups (broad SMARTS) is 1. The average Bonchev–Trinajstić information content (AvgIpc) is 3.10. The highest BCUT2D eigenvalue weighted by Gasteiger charge is 2.39. The molecule has 0 aromatic heterocycles. The van der Waals surface area contributed by atoms with Gasteiger partial charge in [-0.15, -0.1) is 0 Å². The zero-order chi connectivity index (χ0) is 14.5. The lowest BCUT2D eigenvalue weighted by Crippen LogP contribution is -2.47. The summed E-state index contributed by atoms with van der Waals surface area (Å²) in [6.45, 7) is 1.03. The van der Waals surface area contributed by atoms with E-state index in [1.54, 1.807) is 7.11 Å². The van der Waals surface area contributed by atoms with E-state index >= 15 is 0 Å². The maximum atomic E-state index is 12.5. The van der Waals surface area contributed by atoms with Crippen LogP contribution >= 0.6 is 11.8 Å². The molecule has 7 heteroatoms. The number of amides is 1. The van der Waals surface area contributed by atoms with Gasteiger partial charge in [-0.05, 0) is 25.0 Å². The summed E-state index contributed by atoms with van der Waals surface area (Å²) in [7, 11) is 1.61. The molecule has 0 spiro atoms. The molecule has 0 bridgehead atoms. The lowest BCUT2D eigenvalue weighted by molar-refractivity contribution is -0.155. The van der Waals surface area contributed by atoms with Crippen LogP contribution in [0.4, 0.5) is 0 Å². The van der Waals surface area contributed by atoms with Crippen molar-refractivity contribution in [2.45, 2.75) is 37.5 Å². The van der Waals surface area contributed by atoms with Gasteiger partial charge in [0.1, 0.15) is 6.10 Å². The third kappa shape index (κ3) is 3.65. The molecule has 2 fully saturated rings. The van der Waals surface area contributed by atoms with E-state index in [2.05, 4.69) is 0 Å². The first-order valence-electron chi connectivity index (χ1n) is 6.89. The van der Waals surface area contributed by atoms with Gasteiger partial charge in [0.25, 0.3) is 5.91 Å². The summed E-state index contributed by atoms with van der Waals surface area (Å²) in [6.07, 6.45) is 0.419. The van der Waals surface area contributed by atoms with Gasteiger partial charge in [-0.1, -0.05) is 0 Å². The Labute approximate surface area is 122 Å². The number of aliphatic carboxylic acids is 1. The fraction of sp³-hybridized carbons (Fsp3) is 0.846. The second kappa shape index (κ2) is 7.28. The molecule has 6 nitrogen and oxygen atoms in total. The zero-order valence-corrected chi connectivity index (χ0v) is 12.4. The van der Waals surface area contributed by atoms with Gasteiger partial charge in [0.15, 0.2) is 6.10 Å². The number of carbonyl (C=O) groups is 2. The molecule has 0 aliphatic carbocycles. The molecule has 1 amide bonds. The second-order valence-corrected chi connectivity index (χ2v) is 6.22. The third-order valence-corrected chi connectivity index (χ3v) is 4.88. The number of methoxy groups -OCH3 is 1. The van der Waals surface area contributed by atoms with Crippen LogP contribution in [0.1, 0.15) is 19.3 Å². The Hall–Kier alpha value is -0.790. The Morgan fingerprint density at radius 3 is 2.65 bits per heavy atom. The van der Waals surface area contributed by atoms with Crippen LogP contribution in [0.15, 0.2) is 0 Å². The van der Waals surface area contributed by atoms with Crippen molar-refractivity contribution in [3.05, 3.63) is 0 Å². The van der Waals surface area contributed by atoms with Gasteiger partial charge in [-0.2, -0.15) is 11.8 Å². The Morgan fingerprint density at radius 1 is 1.35 bits per heavy atom. The summed E-state index contributed by atoms with van der Waals surface area (Å²) < 4.78 is 10.4. The van der Waals surface area contributed by atoms with Gasteiger partial charge < -0.3 is 19.5 Å². The van der Waals surface area contributed by atoms with Crippen molar-refractivity contribution in [1.29, 1.82) is 0 Å². The first-order chi connectivity index (χ1) is 9.63. The van der Waals surface area contributed by atoms with Gasteiger partial charge in [0.05, 0.1) is 6.61 Å². The predicted octanol–water partition coefficient (Wildman–Crippen LogP) is 0.599. The van der Waals surface area contributed by atoms with Crippen molar-refractivity contribution in [1.82, 2.24) is 4.90 Å². The molecule has 2 saturated heterocycles. The van der Waals surface area contributed by atoms with E-state index in [1.165, 1.54) is 0 Å². The highest BCUT2D eigenvalue weighted by molar-refractivity contribution is 7.99. The molecular weight excluding hydrogens is 282 g/mol. The predicted molar refractivity (Wildman–Crippen MR) is 74.8 cm³/mol. The van der Waals surface area contributed by atoms with Crippen LogP contribution in [0.3, 0.4) is 0 Å². The molecule has 1 unspecified atom stereocenters. The zero-order valence-electron chi connectivity index (χ0n) is 11.6. The number of carbonyl (C=O) groups excluding carboxylic acids is 1. The molecule has 2 aliphatic heterocycles. The third-order valence-electron chi connectivity index (χ3n) is 3.74. The van der Waals surface area contributed by atoms with E-state index in [9.17, 15) is 9.59 Å². The molecule has 20 heavy (non-hydrogen) atoms. The smallest absolute Gasteiger partial charge is 0.332 e. The summed E-state index contributed by atoms with van der Waals surface area (Å²) in [4.78, 5) is 25.3. The minimum absolute atomic E-state index is 0.0849. The number of hydrogen-bond acceptors (Lipinski definition) is 5. The minimum Gasteiger partial charge on any atom is -0.479 e. The van der Waals surface area contributed by atoms with E-state index in [4.69, 9.17) is 14.6 Å². The van der Waals surface area contributed by atoms with Crippen molar-refractivity contribution in [3.8, 4) is 0 Å².